The van der Waals surface area contributed by atoms with Gasteiger partial charge in [0.05, 0.1) is 16.4 Å². The number of fused-ring (bicyclic) bond motifs is 2. The molecule has 0 saturated carbocycles. The van der Waals surface area contributed by atoms with Gasteiger partial charge in [0, 0.05) is 29.2 Å². The fourth-order valence-corrected chi connectivity index (χ4v) is 4.29. The quantitative estimate of drug-likeness (QED) is 0.290. The smallest absolute Gasteiger partial charge is 0.204 e. The predicted molar refractivity (Wildman–Crippen MR) is 123 cm³/mol. The maximum Gasteiger partial charge on any atom is 0.204 e. The standard InChI is InChI=1S/C24H20N4S/c1-17-10-12-18(13-11-17)15-28-16-19(20-6-2-4-8-22(20)28)14-25-27-24-26-21-7-3-5-9-23(21)29-24/h2-14,16H,15H2,1H3,(H,26,27). The summed E-state index contributed by atoms with van der Waals surface area (Å²) >= 11 is 1.60. The first-order valence-corrected chi connectivity index (χ1v) is 10.4. The highest BCUT2D eigenvalue weighted by Gasteiger charge is 2.07. The first kappa shape index (κ1) is 17.6. The molecule has 1 N–H and O–H groups in total. The lowest BCUT2D eigenvalue weighted by atomic mass is 10.1. The molecule has 0 atom stereocenters. The third-order valence-electron chi connectivity index (χ3n) is 4.95. The van der Waals surface area contributed by atoms with E-state index in [1.807, 2.05) is 24.4 Å². The van der Waals surface area contributed by atoms with Crippen molar-refractivity contribution >= 4 is 43.8 Å². The molecule has 0 aliphatic heterocycles. The van der Waals surface area contributed by atoms with E-state index in [1.165, 1.54) is 22.0 Å². The van der Waals surface area contributed by atoms with E-state index in [9.17, 15) is 0 Å². The molecule has 5 rings (SSSR count). The Morgan fingerprint density at radius 3 is 2.66 bits per heavy atom. The van der Waals surface area contributed by atoms with Crippen molar-refractivity contribution in [2.24, 2.45) is 5.10 Å². The number of anilines is 1. The first-order chi connectivity index (χ1) is 14.3. The molecule has 0 fully saturated rings. The number of nitrogens with one attached hydrogen (secondary N) is 1. The number of hydrogen-bond acceptors (Lipinski definition) is 4. The van der Waals surface area contributed by atoms with Gasteiger partial charge in [0.25, 0.3) is 0 Å². The average molecular weight is 397 g/mol. The Morgan fingerprint density at radius 1 is 1.00 bits per heavy atom. The number of thiazole rings is 1. The lowest BCUT2D eigenvalue weighted by molar-refractivity contribution is 0.836. The summed E-state index contributed by atoms with van der Waals surface area (Å²) in [5.74, 6) is 0. The van der Waals surface area contributed by atoms with Gasteiger partial charge in [0.15, 0.2) is 0 Å². The largest absolute Gasteiger partial charge is 0.342 e. The molecule has 2 heterocycles. The summed E-state index contributed by atoms with van der Waals surface area (Å²) < 4.78 is 3.43. The molecule has 0 bridgehead atoms. The predicted octanol–water partition coefficient (Wildman–Crippen LogP) is 6.05. The van der Waals surface area contributed by atoms with Gasteiger partial charge in [-0.3, -0.25) is 5.43 Å². The Hall–Kier alpha value is -3.44. The second-order valence-corrected chi connectivity index (χ2v) is 8.10. The van der Waals surface area contributed by atoms with Gasteiger partial charge in [0.1, 0.15) is 0 Å². The minimum atomic E-state index is 0.797. The SMILES string of the molecule is Cc1ccc(Cn2cc(C=NNc3nc4ccccc4s3)c3ccccc32)cc1. The Labute approximate surface area is 173 Å². The van der Waals surface area contributed by atoms with Crippen molar-refractivity contribution in [1.82, 2.24) is 9.55 Å². The Kier molecular flexibility index (Phi) is 4.58. The van der Waals surface area contributed by atoms with Gasteiger partial charge in [-0.2, -0.15) is 5.10 Å². The zero-order valence-electron chi connectivity index (χ0n) is 16.0. The molecule has 142 valence electrons. The highest BCUT2D eigenvalue weighted by molar-refractivity contribution is 7.22. The van der Waals surface area contributed by atoms with Gasteiger partial charge in [-0.25, -0.2) is 4.98 Å². The first-order valence-electron chi connectivity index (χ1n) is 9.54. The molecular weight excluding hydrogens is 376 g/mol. The summed E-state index contributed by atoms with van der Waals surface area (Å²) in [5, 5.41) is 6.44. The van der Waals surface area contributed by atoms with Crippen molar-refractivity contribution < 1.29 is 0 Å². The Morgan fingerprint density at radius 2 is 1.79 bits per heavy atom. The van der Waals surface area contributed by atoms with Crippen LogP contribution in [0.2, 0.25) is 0 Å². The van der Waals surface area contributed by atoms with Crippen LogP contribution in [0.3, 0.4) is 0 Å². The monoisotopic (exact) mass is 396 g/mol. The summed E-state index contributed by atoms with van der Waals surface area (Å²) in [6.45, 7) is 2.95. The molecule has 5 heteroatoms. The number of hydrogen-bond donors (Lipinski definition) is 1. The fraction of sp³-hybridized carbons (Fsp3) is 0.0833. The van der Waals surface area contributed by atoms with E-state index in [-0.39, 0.29) is 0 Å². The van der Waals surface area contributed by atoms with Crippen LogP contribution in [0.4, 0.5) is 5.13 Å². The molecule has 3 aromatic carbocycles. The highest BCUT2D eigenvalue weighted by atomic mass is 32.1. The third kappa shape index (κ3) is 3.65. The van der Waals surface area contributed by atoms with Gasteiger partial charge in [-0.1, -0.05) is 71.5 Å². The van der Waals surface area contributed by atoms with Crippen LogP contribution in [0.25, 0.3) is 21.1 Å². The van der Waals surface area contributed by atoms with Gasteiger partial charge in [0.2, 0.25) is 5.13 Å². The van der Waals surface area contributed by atoms with Crippen LogP contribution in [0.15, 0.2) is 84.1 Å². The van der Waals surface area contributed by atoms with Crippen LogP contribution in [0, 0.1) is 6.92 Å². The van der Waals surface area contributed by atoms with Gasteiger partial charge in [-0.15, -0.1) is 0 Å². The van der Waals surface area contributed by atoms with Crippen LogP contribution >= 0.6 is 11.3 Å². The number of hydrazone groups is 1. The number of aryl methyl sites for hydroxylation is 1. The van der Waals surface area contributed by atoms with Crippen molar-refractivity contribution in [3.63, 3.8) is 0 Å². The fourth-order valence-electron chi connectivity index (χ4n) is 3.48. The number of nitrogens with zero attached hydrogens (tertiary/aromatic N) is 3. The molecule has 0 aliphatic rings. The molecular formula is C24H20N4S. The van der Waals surface area contributed by atoms with E-state index in [0.717, 1.165) is 27.5 Å². The summed E-state index contributed by atoms with van der Waals surface area (Å²) in [5.41, 5.74) is 8.92. The zero-order valence-corrected chi connectivity index (χ0v) is 16.9. The maximum atomic E-state index is 4.56. The summed E-state index contributed by atoms with van der Waals surface area (Å²) in [6, 6.07) is 25.2. The van der Waals surface area contributed by atoms with Gasteiger partial charge >= 0.3 is 0 Å². The number of para-hydroxylation sites is 2. The van der Waals surface area contributed by atoms with Gasteiger partial charge in [-0.05, 0) is 30.7 Å². The van der Waals surface area contributed by atoms with Crippen molar-refractivity contribution in [2.75, 3.05) is 5.43 Å². The van der Waals surface area contributed by atoms with Crippen molar-refractivity contribution in [2.45, 2.75) is 13.5 Å². The lowest BCUT2D eigenvalue weighted by Gasteiger charge is -2.06. The molecule has 0 aliphatic carbocycles. The lowest BCUT2D eigenvalue weighted by Crippen LogP contribution is -1.97. The molecule has 0 unspecified atom stereocenters. The molecule has 0 amide bonds. The molecule has 2 aromatic heterocycles. The van der Waals surface area contributed by atoms with Crippen LogP contribution in [-0.4, -0.2) is 15.8 Å². The molecule has 29 heavy (non-hydrogen) atoms. The molecule has 0 saturated heterocycles. The normalized spacial score (nSPS) is 11.6. The minimum Gasteiger partial charge on any atom is -0.342 e. The van der Waals surface area contributed by atoms with Crippen molar-refractivity contribution in [3.8, 4) is 0 Å². The zero-order chi connectivity index (χ0) is 19.6. The summed E-state index contributed by atoms with van der Waals surface area (Å²) in [7, 11) is 0. The maximum absolute atomic E-state index is 4.56. The Bertz CT molecular complexity index is 1280. The highest BCUT2D eigenvalue weighted by Crippen LogP contribution is 2.25. The molecule has 0 spiro atoms. The number of benzene rings is 3. The summed E-state index contributed by atoms with van der Waals surface area (Å²) in [6.07, 6.45) is 4.04. The Balaban J connectivity index is 1.42. The van der Waals surface area contributed by atoms with Gasteiger partial charge < -0.3 is 4.57 Å². The second-order valence-electron chi connectivity index (χ2n) is 7.07. The van der Waals surface area contributed by atoms with Crippen molar-refractivity contribution in [3.05, 3.63) is 95.7 Å². The van der Waals surface area contributed by atoms with E-state index in [2.05, 4.69) is 87.8 Å². The average Bonchev–Trinajstić information content (AvgIpc) is 3.31. The van der Waals surface area contributed by atoms with Crippen LogP contribution in [0.5, 0.6) is 0 Å². The molecule has 0 radical (unpaired) electrons. The van der Waals surface area contributed by atoms with E-state index in [4.69, 9.17) is 0 Å². The van der Waals surface area contributed by atoms with Crippen molar-refractivity contribution in [1.29, 1.82) is 0 Å². The van der Waals surface area contributed by atoms with E-state index >= 15 is 0 Å². The van der Waals surface area contributed by atoms with E-state index in [1.54, 1.807) is 11.3 Å². The van der Waals surface area contributed by atoms with E-state index < -0.39 is 0 Å². The summed E-state index contributed by atoms with van der Waals surface area (Å²) in [4.78, 5) is 4.56. The third-order valence-corrected chi connectivity index (χ3v) is 5.89. The van der Waals surface area contributed by atoms with Crippen LogP contribution in [0.1, 0.15) is 16.7 Å². The molecule has 5 aromatic rings. The second kappa shape index (κ2) is 7.53. The topological polar surface area (TPSA) is 42.2 Å². The van der Waals surface area contributed by atoms with Crippen LogP contribution < -0.4 is 5.43 Å². The number of aromatic nitrogens is 2. The van der Waals surface area contributed by atoms with E-state index in [0.29, 0.717) is 0 Å². The minimum absolute atomic E-state index is 0.797. The molecule has 4 nitrogen and oxygen atoms in total. The van der Waals surface area contributed by atoms with Crippen LogP contribution in [-0.2, 0) is 6.54 Å². The number of rotatable bonds is 5.